The molecule has 4 aromatic rings. The van der Waals surface area contributed by atoms with Gasteiger partial charge in [-0.1, -0.05) is 122 Å². The Hall–Kier alpha value is -4.02. The number of benzene rings is 4. The van der Waals surface area contributed by atoms with Crippen molar-refractivity contribution in [2.45, 2.75) is 38.1 Å². The number of hydrogen-bond donors (Lipinski definition) is 1. The van der Waals surface area contributed by atoms with Gasteiger partial charge in [0.2, 0.25) is 11.8 Å². The second kappa shape index (κ2) is 10.4. The average Bonchev–Trinajstić information content (AvgIpc) is 3.20. The molecule has 1 aliphatic heterocycles. The molecule has 0 spiro atoms. The van der Waals surface area contributed by atoms with Gasteiger partial charge in [-0.15, -0.1) is 0 Å². The average molecular weight is 504 g/mol. The Morgan fingerprint density at radius 3 is 1.63 bits per heavy atom. The van der Waals surface area contributed by atoms with Crippen molar-refractivity contribution in [2.75, 3.05) is 6.61 Å². The molecule has 2 atom stereocenters. The zero-order valence-corrected chi connectivity index (χ0v) is 21.9. The smallest absolute Gasteiger partial charge is 0.237 e. The Kier molecular flexibility index (Phi) is 7.00. The molecule has 5 rings (SSSR count). The lowest BCUT2D eigenvalue weighted by atomic mass is 9.72. The van der Waals surface area contributed by atoms with Crippen LogP contribution in [0.5, 0.6) is 0 Å². The van der Waals surface area contributed by atoms with Gasteiger partial charge in [-0.2, -0.15) is 0 Å². The topological polar surface area (TPSA) is 57.6 Å². The normalized spacial score (nSPS) is 18.6. The van der Waals surface area contributed by atoms with Crippen molar-refractivity contribution in [1.29, 1.82) is 0 Å². The second-order valence-corrected chi connectivity index (χ2v) is 10.4. The van der Waals surface area contributed by atoms with Crippen LogP contribution in [0.15, 0.2) is 115 Å². The van der Waals surface area contributed by atoms with E-state index in [9.17, 15) is 14.7 Å². The summed E-state index contributed by atoms with van der Waals surface area (Å²) in [6.45, 7) is 4.05. The maximum Gasteiger partial charge on any atom is 0.237 e. The van der Waals surface area contributed by atoms with Crippen LogP contribution in [0.2, 0.25) is 0 Å². The fourth-order valence-electron chi connectivity index (χ4n) is 5.91. The maximum atomic E-state index is 14.7. The van der Waals surface area contributed by atoms with Crippen molar-refractivity contribution in [3.8, 4) is 0 Å². The van der Waals surface area contributed by atoms with E-state index < -0.39 is 11.0 Å². The highest BCUT2D eigenvalue weighted by atomic mass is 16.3. The van der Waals surface area contributed by atoms with Gasteiger partial charge in [-0.3, -0.25) is 14.5 Å². The summed E-state index contributed by atoms with van der Waals surface area (Å²) in [5, 5.41) is 9.28. The fourth-order valence-corrected chi connectivity index (χ4v) is 5.91. The zero-order chi connectivity index (χ0) is 26.8. The van der Waals surface area contributed by atoms with E-state index in [0.29, 0.717) is 6.42 Å². The Morgan fingerprint density at radius 2 is 1.21 bits per heavy atom. The molecule has 192 valence electrons. The maximum absolute atomic E-state index is 14.7. The summed E-state index contributed by atoms with van der Waals surface area (Å²) in [6.07, 6.45) is 0.713. The number of hydrogen-bond acceptors (Lipinski definition) is 3. The first-order valence-corrected chi connectivity index (χ1v) is 13.2. The zero-order valence-electron chi connectivity index (χ0n) is 21.9. The van der Waals surface area contributed by atoms with E-state index in [4.69, 9.17) is 0 Å². The molecule has 2 amide bonds. The molecule has 1 aliphatic rings. The first-order chi connectivity index (χ1) is 18.4. The molecule has 4 nitrogen and oxygen atoms in total. The van der Waals surface area contributed by atoms with E-state index in [-0.39, 0.29) is 30.8 Å². The summed E-state index contributed by atoms with van der Waals surface area (Å²) < 4.78 is 0. The summed E-state index contributed by atoms with van der Waals surface area (Å²) in [5.41, 5.74) is 2.61. The monoisotopic (exact) mass is 503 g/mol. The largest absolute Gasteiger partial charge is 0.396 e. The SMILES string of the molecule is CC(c1ccc(CCO)cc1)[C@]1(C)CC(=O)N(C(c2ccccc2)(c2ccccc2)c2ccccc2)C1=O. The Morgan fingerprint density at radius 1 is 0.763 bits per heavy atom. The molecule has 4 aromatic carbocycles. The summed E-state index contributed by atoms with van der Waals surface area (Å²) in [6, 6.07) is 37.6. The number of rotatable bonds is 8. The van der Waals surface area contributed by atoms with Crippen LogP contribution in [0.3, 0.4) is 0 Å². The lowest BCUT2D eigenvalue weighted by molar-refractivity contribution is -0.146. The molecule has 1 unspecified atom stereocenters. The standard InChI is InChI=1S/C34H33NO3/c1-25(27-20-18-26(19-21-27)22-23-36)33(2)24-31(37)35(32(33)38)34(28-12-6-3-7-13-28,29-14-8-4-9-15-29)30-16-10-5-11-17-30/h3-21,25,36H,22-24H2,1-2H3/t25?,33-/m0/s1. The molecule has 38 heavy (non-hydrogen) atoms. The van der Waals surface area contributed by atoms with Gasteiger partial charge in [0, 0.05) is 13.0 Å². The van der Waals surface area contributed by atoms with Crippen LogP contribution < -0.4 is 0 Å². The van der Waals surface area contributed by atoms with Gasteiger partial charge in [-0.05, 0) is 47.1 Å². The molecule has 0 radical (unpaired) electrons. The molecule has 1 heterocycles. The molecule has 0 aromatic heterocycles. The van der Waals surface area contributed by atoms with E-state index in [1.165, 1.54) is 4.90 Å². The quantitative estimate of drug-likeness (QED) is 0.234. The number of amides is 2. The Balaban J connectivity index is 1.68. The lowest BCUT2D eigenvalue weighted by Gasteiger charge is -2.43. The van der Waals surface area contributed by atoms with Crippen molar-refractivity contribution in [3.63, 3.8) is 0 Å². The van der Waals surface area contributed by atoms with Crippen molar-refractivity contribution < 1.29 is 14.7 Å². The minimum atomic E-state index is -1.11. The van der Waals surface area contributed by atoms with Gasteiger partial charge < -0.3 is 5.11 Å². The number of carbonyl (C=O) groups excluding carboxylic acids is 2. The van der Waals surface area contributed by atoms with Crippen molar-refractivity contribution in [2.24, 2.45) is 5.41 Å². The summed E-state index contributed by atoms with van der Waals surface area (Å²) >= 11 is 0. The van der Waals surface area contributed by atoms with Gasteiger partial charge in [-0.25, -0.2) is 0 Å². The molecule has 4 heteroatoms. The molecular weight excluding hydrogens is 470 g/mol. The van der Waals surface area contributed by atoms with Crippen LogP contribution >= 0.6 is 0 Å². The number of carbonyl (C=O) groups is 2. The highest BCUT2D eigenvalue weighted by molar-refractivity contribution is 6.08. The first-order valence-electron chi connectivity index (χ1n) is 13.2. The van der Waals surface area contributed by atoms with Gasteiger partial charge >= 0.3 is 0 Å². The van der Waals surface area contributed by atoms with Crippen LogP contribution in [0, 0.1) is 5.41 Å². The predicted octanol–water partition coefficient (Wildman–Crippen LogP) is 6.08. The minimum Gasteiger partial charge on any atom is -0.396 e. The van der Waals surface area contributed by atoms with Crippen molar-refractivity contribution in [1.82, 2.24) is 4.90 Å². The van der Waals surface area contributed by atoms with Crippen LogP contribution in [0.4, 0.5) is 0 Å². The predicted molar refractivity (Wildman–Crippen MR) is 149 cm³/mol. The van der Waals surface area contributed by atoms with Crippen LogP contribution in [-0.2, 0) is 21.5 Å². The third-order valence-corrected chi connectivity index (χ3v) is 8.21. The highest BCUT2D eigenvalue weighted by Crippen LogP contribution is 2.52. The fraction of sp³-hybridized carbons (Fsp3) is 0.235. The van der Waals surface area contributed by atoms with E-state index in [0.717, 1.165) is 27.8 Å². The van der Waals surface area contributed by atoms with Crippen LogP contribution in [-0.4, -0.2) is 28.4 Å². The molecule has 0 bridgehead atoms. The van der Waals surface area contributed by atoms with Crippen LogP contribution in [0.1, 0.15) is 54.0 Å². The van der Waals surface area contributed by atoms with E-state index in [1.54, 1.807) is 0 Å². The summed E-state index contributed by atoms with van der Waals surface area (Å²) in [4.78, 5) is 30.3. The number of aliphatic hydroxyl groups is 1. The third-order valence-electron chi connectivity index (χ3n) is 8.21. The van der Waals surface area contributed by atoms with Crippen molar-refractivity contribution >= 4 is 11.8 Å². The third kappa shape index (κ3) is 4.15. The molecule has 1 N–H and O–H groups in total. The van der Waals surface area contributed by atoms with E-state index in [2.05, 4.69) is 0 Å². The molecular formula is C34H33NO3. The Bertz CT molecular complexity index is 1300. The second-order valence-electron chi connectivity index (χ2n) is 10.4. The van der Waals surface area contributed by atoms with Gasteiger partial charge in [0.15, 0.2) is 0 Å². The van der Waals surface area contributed by atoms with Gasteiger partial charge in [0.1, 0.15) is 5.54 Å². The van der Waals surface area contributed by atoms with Crippen molar-refractivity contribution in [3.05, 3.63) is 143 Å². The molecule has 0 saturated carbocycles. The molecule has 0 aliphatic carbocycles. The van der Waals surface area contributed by atoms with Crippen LogP contribution in [0.25, 0.3) is 0 Å². The molecule has 1 saturated heterocycles. The molecule has 1 fully saturated rings. The minimum absolute atomic E-state index is 0.0924. The van der Waals surface area contributed by atoms with E-state index >= 15 is 0 Å². The highest BCUT2D eigenvalue weighted by Gasteiger charge is 2.59. The Labute approximate surface area is 224 Å². The first kappa shape index (κ1) is 25.6. The number of likely N-dealkylation sites (tertiary alicyclic amines) is 1. The number of nitrogens with zero attached hydrogens (tertiary/aromatic N) is 1. The number of imide groups is 1. The summed E-state index contributed by atoms with van der Waals surface area (Å²) in [5.74, 6) is -0.545. The van der Waals surface area contributed by atoms with E-state index in [1.807, 2.05) is 129 Å². The number of aliphatic hydroxyl groups excluding tert-OH is 1. The van der Waals surface area contributed by atoms with Gasteiger partial charge in [0.25, 0.3) is 0 Å². The summed E-state index contributed by atoms with van der Waals surface area (Å²) in [7, 11) is 0. The van der Waals surface area contributed by atoms with Gasteiger partial charge in [0.05, 0.1) is 5.41 Å². The lowest BCUT2D eigenvalue weighted by Crippen LogP contribution is -2.52.